The van der Waals surface area contributed by atoms with E-state index in [0.29, 0.717) is 5.82 Å². The molecule has 2 aromatic rings. The first-order chi connectivity index (χ1) is 7.66. The van der Waals surface area contributed by atoms with Crippen LogP contribution < -0.4 is 5.32 Å². The van der Waals surface area contributed by atoms with Gasteiger partial charge in [0.15, 0.2) is 11.0 Å². The maximum atomic E-state index is 13.4. The molecule has 0 spiro atoms. The Kier molecular flexibility index (Phi) is 3.36. The van der Waals surface area contributed by atoms with Gasteiger partial charge in [-0.15, -0.1) is 0 Å². The minimum Gasteiger partial charge on any atom is -0.335 e. The van der Waals surface area contributed by atoms with Gasteiger partial charge >= 0.3 is 0 Å². The predicted molar refractivity (Wildman–Crippen MR) is 64.4 cm³/mol. The van der Waals surface area contributed by atoms with Gasteiger partial charge in [0.25, 0.3) is 0 Å². The standard InChI is InChI=1S/C10H6BrClFN3/c11-6-1-2-7(13)8(5-6)16-10-9(12)14-3-4-15-10/h1-5H,(H,15,16). The van der Waals surface area contributed by atoms with Gasteiger partial charge in [-0.05, 0) is 18.2 Å². The van der Waals surface area contributed by atoms with Gasteiger partial charge in [-0.3, -0.25) is 0 Å². The first kappa shape index (κ1) is 11.3. The summed E-state index contributed by atoms with van der Waals surface area (Å²) in [4.78, 5) is 7.79. The lowest BCUT2D eigenvalue weighted by Crippen LogP contribution is -1.97. The molecule has 0 saturated heterocycles. The second-order valence-corrected chi connectivity index (χ2v) is 4.22. The lowest BCUT2D eigenvalue weighted by Gasteiger charge is -2.07. The third-order valence-electron chi connectivity index (χ3n) is 1.84. The highest BCUT2D eigenvalue weighted by Crippen LogP contribution is 2.25. The van der Waals surface area contributed by atoms with E-state index < -0.39 is 0 Å². The minimum absolute atomic E-state index is 0.196. The van der Waals surface area contributed by atoms with Crippen LogP contribution >= 0.6 is 27.5 Å². The zero-order chi connectivity index (χ0) is 11.5. The second kappa shape index (κ2) is 4.76. The van der Waals surface area contributed by atoms with Crippen molar-refractivity contribution in [1.29, 1.82) is 0 Å². The molecular weight excluding hydrogens is 296 g/mol. The summed E-state index contributed by atoms with van der Waals surface area (Å²) in [6.07, 6.45) is 2.94. The van der Waals surface area contributed by atoms with Gasteiger partial charge in [0.1, 0.15) is 5.82 Å². The first-order valence-corrected chi connectivity index (χ1v) is 5.52. The summed E-state index contributed by atoms with van der Waals surface area (Å²) >= 11 is 9.05. The molecule has 0 fully saturated rings. The number of benzene rings is 1. The molecule has 0 unspecified atom stereocenters. The molecule has 0 amide bonds. The third-order valence-corrected chi connectivity index (χ3v) is 2.60. The van der Waals surface area contributed by atoms with E-state index in [1.165, 1.54) is 18.5 Å². The molecule has 82 valence electrons. The van der Waals surface area contributed by atoms with E-state index in [0.717, 1.165) is 4.47 Å². The molecule has 0 bridgehead atoms. The van der Waals surface area contributed by atoms with Gasteiger partial charge in [-0.2, -0.15) is 0 Å². The number of hydrogen-bond acceptors (Lipinski definition) is 3. The summed E-state index contributed by atoms with van der Waals surface area (Å²) in [6.45, 7) is 0. The molecule has 2 rings (SSSR count). The zero-order valence-corrected chi connectivity index (χ0v) is 10.3. The van der Waals surface area contributed by atoms with E-state index in [1.54, 1.807) is 12.1 Å². The Labute approximate surface area is 105 Å². The van der Waals surface area contributed by atoms with Crippen molar-refractivity contribution in [3.05, 3.63) is 46.0 Å². The molecule has 3 nitrogen and oxygen atoms in total. The molecule has 1 aromatic heterocycles. The van der Waals surface area contributed by atoms with Crippen LogP contribution in [0.15, 0.2) is 35.1 Å². The van der Waals surface area contributed by atoms with Crippen molar-refractivity contribution in [1.82, 2.24) is 9.97 Å². The zero-order valence-electron chi connectivity index (χ0n) is 7.92. The van der Waals surface area contributed by atoms with E-state index >= 15 is 0 Å². The van der Waals surface area contributed by atoms with Gasteiger partial charge in [-0.25, -0.2) is 14.4 Å². The van der Waals surface area contributed by atoms with Crippen molar-refractivity contribution >= 4 is 39.0 Å². The van der Waals surface area contributed by atoms with Gasteiger partial charge < -0.3 is 5.32 Å². The highest BCUT2D eigenvalue weighted by atomic mass is 79.9. The normalized spacial score (nSPS) is 10.2. The topological polar surface area (TPSA) is 37.8 Å². The summed E-state index contributed by atoms with van der Waals surface area (Å²) in [6, 6.07) is 4.55. The number of hydrogen-bond donors (Lipinski definition) is 1. The van der Waals surface area contributed by atoms with Gasteiger partial charge in [0, 0.05) is 16.9 Å². The molecular formula is C10H6BrClFN3. The Bertz CT molecular complexity index is 521. The Hall–Kier alpha value is -1.20. The first-order valence-electron chi connectivity index (χ1n) is 4.35. The molecule has 1 aromatic carbocycles. The highest BCUT2D eigenvalue weighted by Gasteiger charge is 2.06. The molecule has 0 aliphatic heterocycles. The van der Waals surface area contributed by atoms with Gasteiger partial charge in [0.05, 0.1) is 5.69 Å². The van der Waals surface area contributed by atoms with Gasteiger partial charge in [-0.1, -0.05) is 27.5 Å². The van der Waals surface area contributed by atoms with Crippen LogP contribution in [-0.2, 0) is 0 Å². The summed E-state index contributed by atoms with van der Waals surface area (Å²) in [5.41, 5.74) is 0.289. The van der Waals surface area contributed by atoms with Crippen molar-refractivity contribution in [2.75, 3.05) is 5.32 Å². The van der Waals surface area contributed by atoms with Crippen LogP contribution in [0.1, 0.15) is 0 Å². The van der Waals surface area contributed by atoms with Gasteiger partial charge in [0.2, 0.25) is 0 Å². The van der Waals surface area contributed by atoms with Crippen molar-refractivity contribution in [2.45, 2.75) is 0 Å². The summed E-state index contributed by atoms with van der Waals surface area (Å²) < 4.78 is 14.2. The molecule has 0 saturated carbocycles. The Balaban J connectivity index is 2.34. The molecule has 1 N–H and O–H groups in total. The highest BCUT2D eigenvalue weighted by molar-refractivity contribution is 9.10. The Morgan fingerprint density at radius 3 is 2.75 bits per heavy atom. The number of nitrogens with one attached hydrogen (secondary N) is 1. The smallest absolute Gasteiger partial charge is 0.171 e. The van der Waals surface area contributed by atoms with Crippen LogP contribution in [0.4, 0.5) is 15.9 Å². The number of rotatable bonds is 2. The van der Waals surface area contributed by atoms with E-state index in [4.69, 9.17) is 11.6 Å². The molecule has 16 heavy (non-hydrogen) atoms. The maximum absolute atomic E-state index is 13.4. The maximum Gasteiger partial charge on any atom is 0.171 e. The Morgan fingerprint density at radius 1 is 1.25 bits per heavy atom. The van der Waals surface area contributed by atoms with Crippen LogP contribution in [0, 0.1) is 5.82 Å². The van der Waals surface area contributed by atoms with Crippen LogP contribution in [0.2, 0.25) is 5.15 Å². The monoisotopic (exact) mass is 301 g/mol. The minimum atomic E-state index is -0.384. The van der Waals surface area contributed by atoms with E-state index in [-0.39, 0.29) is 16.7 Å². The van der Waals surface area contributed by atoms with Crippen LogP contribution in [-0.4, -0.2) is 9.97 Å². The molecule has 1 heterocycles. The Morgan fingerprint density at radius 2 is 2.00 bits per heavy atom. The number of aromatic nitrogens is 2. The third kappa shape index (κ3) is 2.48. The van der Waals surface area contributed by atoms with E-state index in [1.807, 2.05) is 0 Å². The van der Waals surface area contributed by atoms with Crippen molar-refractivity contribution in [2.24, 2.45) is 0 Å². The van der Waals surface area contributed by atoms with Crippen LogP contribution in [0.25, 0.3) is 0 Å². The fourth-order valence-corrected chi connectivity index (χ4v) is 1.64. The summed E-state index contributed by atoms with van der Waals surface area (Å²) in [7, 11) is 0. The summed E-state index contributed by atoms with van der Waals surface area (Å²) in [5.74, 6) is -0.0638. The predicted octanol–water partition coefficient (Wildman–Crippen LogP) is 3.78. The fourth-order valence-electron chi connectivity index (χ4n) is 1.13. The molecule has 6 heteroatoms. The van der Waals surface area contributed by atoms with Crippen molar-refractivity contribution < 1.29 is 4.39 Å². The average molecular weight is 303 g/mol. The summed E-state index contributed by atoms with van der Waals surface area (Å²) in [5, 5.41) is 2.97. The number of halogens is 3. The van der Waals surface area contributed by atoms with Crippen molar-refractivity contribution in [3.8, 4) is 0 Å². The molecule has 0 atom stereocenters. The lowest BCUT2D eigenvalue weighted by molar-refractivity contribution is 0.631. The number of nitrogens with zero attached hydrogens (tertiary/aromatic N) is 2. The fraction of sp³-hybridized carbons (Fsp3) is 0. The molecule has 0 aliphatic rings. The SMILES string of the molecule is Fc1ccc(Br)cc1Nc1nccnc1Cl. The average Bonchev–Trinajstić information content (AvgIpc) is 2.27. The quantitative estimate of drug-likeness (QED) is 0.917. The molecule has 0 radical (unpaired) electrons. The second-order valence-electron chi connectivity index (χ2n) is 2.94. The van der Waals surface area contributed by atoms with E-state index in [9.17, 15) is 4.39 Å². The van der Waals surface area contributed by atoms with Crippen LogP contribution in [0.3, 0.4) is 0 Å². The number of anilines is 2. The van der Waals surface area contributed by atoms with E-state index in [2.05, 4.69) is 31.2 Å². The van der Waals surface area contributed by atoms with Crippen molar-refractivity contribution in [3.63, 3.8) is 0 Å². The lowest BCUT2D eigenvalue weighted by atomic mass is 10.3. The van der Waals surface area contributed by atoms with Crippen LogP contribution in [0.5, 0.6) is 0 Å². The molecule has 0 aliphatic carbocycles. The largest absolute Gasteiger partial charge is 0.335 e.